The molecule has 110 valence electrons. The zero-order valence-corrected chi connectivity index (χ0v) is 12.7. The lowest BCUT2D eigenvalue weighted by Crippen LogP contribution is -2.16. The number of benzene rings is 2. The lowest BCUT2D eigenvalue weighted by Gasteiger charge is -2.13. The molecule has 0 unspecified atom stereocenters. The first-order valence-corrected chi connectivity index (χ1v) is 7.52. The molecule has 5 heteroatoms. The second-order valence-electron chi connectivity index (χ2n) is 5.08. The van der Waals surface area contributed by atoms with E-state index in [4.69, 9.17) is 27.9 Å². The maximum atomic E-state index is 13.4. The molecular weight excluding hydrogens is 312 g/mol. The predicted octanol–water partition coefficient (Wildman–Crippen LogP) is 5.18. The van der Waals surface area contributed by atoms with E-state index in [-0.39, 0.29) is 5.82 Å². The Balaban J connectivity index is 1.82. The van der Waals surface area contributed by atoms with Crippen LogP contribution in [0.2, 0.25) is 10.0 Å². The minimum Gasteiger partial charge on any atom is -0.455 e. The average molecular weight is 326 g/mol. The van der Waals surface area contributed by atoms with Crippen LogP contribution in [0.4, 0.5) is 4.39 Å². The summed E-state index contributed by atoms with van der Waals surface area (Å²) in [7, 11) is 0. The fourth-order valence-electron chi connectivity index (χ4n) is 2.00. The molecule has 2 aromatic carbocycles. The van der Waals surface area contributed by atoms with E-state index < -0.39 is 0 Å². The van der Waals surface area contributed by atoms with E-state index in [1.165, 1.54) is 25.0 Å². The molecule has 1 aliphatic carbocycles. The molecule has 0 atom stereocenters. The Hall–Kier alpha value is -1.29. The van der Waals surface area contributed by atoms with Crippen molar-refractivity contribution in [2.45, 2.75) is 25.4 Å². The van der Waals surface area contributed by atoms with Crippen LogP contribution in [-0.4, -0.2) is 6.04 Å². The number of ether oxygens (including phenoxy) is 1. The fourth-order valence-corrected chi connectivity index (χ4v) is 2.45. The van der Waals surface area contributed by atoms with Gasteiger partial charge in [-0.15, -0.1) is 0 Å². The van der Waals surface area contributed by atoms with Gasteiger partial charge in [-0.1, -0.05) is 23.2 Å². The maximum Gasteiger partial charge on any atom is 0.146 e. The first-order valence-electron chi connectivity index (χ1n) is 6.76. The van der Waals surface area contributed by atoms with Crippen molar-refractivity contribution in [3.63, 3.8) is 0 Å². The van der Waals surface area contributed by atoms with Crippen molar-refractivity contribution in [1.82, 2.24) is 5.32 Å². The molecule has 1 saturated carbocycles. The largest absolute Gasteiger partial charge is 0.455 e. The van der Waals surface area contributed by atoms with E-state index in [2.05, 4.69) is 5.32 Å². The Kier molecular flexibility index (Phi) is 4.34. The number of halogens is 3. The van der Waals surface area contributed by atoms with Gasteiger partial charge in [0.1, 0.15) is 17.3 Å². The molecule has 1 aliphatic rings. The third-order valence-corrected chi connectivity index (χ3v) is 3.83. The Bertz CT molecular complexity index is 659. The third kappa shape index (κ3) is 3.88. The van der Waals surface area contributed by atoms with Gasteiger partial charge in [0.25, 0.3) is 0 Å². The topological polar surface area (TPSA) is 21.3 Å². The van der Waals surface area contributed by atoms with Gasteiger partial charge in [0.15, 0.2) is 0 Å². The monoisotopic (exact) mass is 325 g/mol. The molecular formula is C16H14Cl2FNO. The lowest BCUT2D eigenvalue weighted by atomic mass is 10.2. The highest BCUT2D eigenvalue weighted by molar-refractivity contribution is 6.35. The Morgan fingerprint density at radius 1 is 1.10 bits per heavy atom. The Morgan fingerprint density at radius 2 is 1.86 bits per heavy atom. The highest BCUT2D eigenvalue weighted by Crippen LogP contribution is 2.33. The molecule has 1 fully saturated rings. The summed E-state index contributed by atoms with van der Waals surface area (Å²) >= 11 is 12.0. The molecule has 1 N–H and O–H groups in total. The van der Waals surface area contributed by atoms with Crippen LogP contribution in [0, 0.1) is 5.82 Å². The average Bonchev–Trinajstić information content (AvgIpc) is 3.26. The van der Waals surface area contributed by atoms with Gasteiger partial charge >= 0.3 is 0 Å². The molecule has 0 heterocycles. The SMILES string of the molecule is Fc1ccc(Oc2ccc(Cl)cc2Cl)c(CNC2CC2)c1. The van der Waals surface area contributed by atoms with Gasteiger partial charge < -0.3 is 10.1 Å². The molecule has 0 bridgehead atoms. The maximum absolute atomic E-state index is 13.4. The molecule has 0 aromatic heterocycles. The summed E-state index contributed by atoms with van der Waals surface area (Å²) in [6.07, 6.45) is 2.35. The molecule has 3 rings (SSSR count). The van der Waals surface area contributed by atoms with Gasteiger partial charge in [0.05, 0.1) is 5.02 Å². The second kappa shape index (κ2) is 6.22. The first kappa shape index (κ1) is 14.6. The van der Waals surface area contributed by atoms with Crippen molar-refractivity contribution in [3.8, 4) is 11.5 Å². The number of nitrogens with one attached hydrogen (secondary N) is 1. The predicted molar refractivity (Wildman–Crippen MR) is 82.8 cm³/mol. The zero-order valence-electron chi connectivity index (χ0n) is 11.2. The van der Waals surface area contributed by atoms with Gasteiger partial charge in [0, 0.05) is 23.2 Å². The Morgan fingerprint density at radius 3 is 2.57 bits per heavy atom. The van der Waals surface area contributed by atoms with Gasteiger partial charge in [-0.25, -0.2) is 4.39 Å². The van der Waals surface area contributed by atoms with E-state index in [1.807, 2.05) is 0 Å². The van der Waals surface area contributed by atoms with Crippen LogP contribution in [0.3, 0.4) is 0 Å². The number of rotatable bonds is 5. The van der Waals surface area contributed by atoms with Crippen LogP contribution in [0.25, 0.3) is 0 Å². The van der Waals surface area contributed by atoms with Crippen molar-refractivity contribution in [2.24, 2.45) is 0 Å². The molecule has 0 spiro atoms. The summed E-state index contributed by atoms with van der Waals surface area (Å²) in [6.45, 7) is 0.572. The van der Waals surface area contributed by atoms with Gasteiger partial charge in [-0.3, -0.25) is 0 Å². The summed E-state index contributed by atoms with van der Waals surface area (Å²) in [4.78, 5) is 0. The fraction of sp³-hybridized carbons (Fsp3) is 0.250. The van der Waals surface area contributed by atoms with Crippen molar-refractivity contribution >= 4 is 23.2 Å². The van der Waals surface area contributed by atoms with Crippen molar-refractivity contribution < 1.29 is 9.13 Å². The van der Waals surface area contributed by atoms with E-state index in [1.54, 1.807) is 24.3 Å². The normalized spacial score (nSPS) is 14.2. The highest BCUT2D eigenvalue weighted by atomic mass is 35.5. The van der Waals surface area contributed by atoms with Crippen LogP contribution in [-0.2, 0) is 6.54 Å². The zero-order chi connectivity index (χ0) is 14.8. The second-order valence-corrected chi connectivity index (χ2v) is 5.93. The molecule has 0 saturated heterocycles. The highest BCUT2D eigenvalue weighted by Gasteiger charge is 2.21. The van der Waals surface area contributed by atoms with E-state index in [0.29, 0.717) is 34.1 Å². The first-order chi connectivity index (χ1) is 10.1. The van der Waals surface area contributed by atoms with Crippen LogP contribution >= 0.6 is 23.2 Å². The minimum atomic E-state index is -0.280. The molecule has 2 nitrogen and oxygen atoms in total. The summed E-state index contributed by atoms with van der Waals surface area (Å²) in [6, 6.07) is 10.0. The molecule has 0 radical (unpaired) electrons. The van der Waals surface area contributed by atoms with Gasteiger partial charge in [0.2, 0.25) is 0 Å². The third-order valence-electron chi connectivity index (χ3n) is 3.29. The standard InChI is InChI=1S/C16H14Cl2FNO/c17-11-1-5-16(14(18)8-11)21-15-6-2-12(19)7-10(15)9-20-13-3-4-13/h1-2,5-8,13,20H,3-4,9H2. The van der Waals surface area contributed by atoms with Crippen molar-refractivity contribution in [1.29, 1.82) is 0 Å². The van der Waals surface area contributed by atoms with Crippen molar-refractivity contribution in [2.75, 3.05) is 0 Å². The smallest absolute Gasteiger partial charge is 0.146 e. The van der Waals surface area contributed by atoms with E-state index in [0.717, 1.165) is 5.56 Å². The van der Waals surface area contributed by atoms with Crippen LogP contribution in [0.5, 0.6) is 11.5 Å². The Labute approximate surface area is 132 Å². The van der Waals surface area contributed by atoms with Crippen LogP contribution in [0.15, 0.2) is 36.4 Å². The summed E-state index contributed by atoms with van der Waals surface area (Å²) < 4.78 is 19.2. The molecule has 0 aliphatic heterocycles. The molecule has 0 amide bonds. The molecule has 21 heavy (non-hydrogen) atoms. The number of hydrogen-bond donors (Lipinski definition) is 1. The van der Waals surface area contributed by atoms with Crippen LogP contribution in [0.1, 0.15) is 18.4 Å². The molecule has 2 aromatic rings. The lowest BCUT2D eigenvalue weighted by molar-refractivity contribution is 0.470. The minimum absolute atomic E-state index is 0.280. The van der Waals surface area contributed by atoms with Crippen molar-refractivity contribution in [3.05, 3.63) is 57.8 Å². The van der Waals surface area contributed by atoms with Gasteiger partial charge in [-0.05, 0) is 49.2 Å². The van der Waals surface area contributed by atoms with Gasteiger partial charge in [-0.2, -0.15) is 0 Å². The van der Waals surface area contributed by atoms with E-state index in [9.17, 15) is 4.39 Å². The van der Waals surface area contributed by atoms with E-state index >= 15 is 0 Å². The van der Waals surface area contributed by atoms with Crippen LogP contribution < -0.4 is 10.1 Å². The summed E-state index contributed by atoms with van der Waals surface area (Å²) in [5, 5.41) is 4.32. The summed E-state index contributed by atoms with van der Waals surface area (Å²) in [5.74, 6) is 0.811. The quantitative estimate of drug-likeness (QED) is 0.818. The summed E-state index contributed by atoms with van der Waals surface area (Å²) in [5.41, 5.74) is 0.771. The number of hydrogen-bond acceptors (Lipinski definition) is 2.